The average molecular weight is 1060 g/mol. The third-order valence-corrected chi connectivity index (χ3v) is 12.7. The van der Waals surface area contributed by atoms with E-state index in [0.717, 1.165) is 47.5 Å². The van der Waals surface area contributed by atoms with Gasteiger partial charge >= 0.3 is 6.01 Å². The number of amides is 8. The number of nitrogen functional groups attached to an aromatic ring is 1. The molecule has 2 aromatic heterocycles. The van der Waals surface area contributed by atoms with E-state index in [4.69, 9.17) is 19.9 Å². The predicted octanol–water partition coefficient (Wildman–Crippen LogP) is 0.853. The van der Waals surface area contributed by atoms with Gasteiger partial charge in [0.2, 0.25) is 35.4 Å². The summed E-state index contributed by atoms with van der Waals surface area (Å²) in [5.74, 6) is -3.12. The van der Waals surface area contributed by atoms with Gasteiger partial charge in [0.05, 0.1) is 45.3 Å². The molecule has 6 rings (SSSR count). The summed E-state index contributed by atoms with van der Waals surface area (Å²) in [6.45, 7) is 3.28. The number of hydrogen-bond donors (Lipinski definition) is 7. The smallest absolute Gasteiger partial charge is 0.320 e. The van der Waals surface area contributed by atoms with Crippen LogP contribution in [0.5, 0.6) is 11.8 Å². The van der Waals surface area contributed by atoms with Crippen molar-refractivity contribution in [2.45, 2.75) is 89.9 Å². The Kier molecular flexibility index (Phi) is 22.2. The molecule has 0 bridgehead atoms. The molecule has 1 saturated heterocycles. The molecular formula is C53H67N13O11. The van der Waals surface area contributed by atoms with Gasteiger partial charge < -0.3 is 56.4 Å². The molecule has 0 saturated carbocycles. The Morgan fingerprint density at radius 2 is 1.52 bits per heavy atom. The van der Waals surface area contributed by atoms with Gasteiger partial charge in [-0.1, -0.05) is 62.2 Å². The first kappa shape index (κ1) is 57.8. The maximum absolute atomic E-state index is 13.2. The van der Waals surface area contributed by atoms with Crippen molar-refractivity contribution in [3.8, 4) is 17.8 Å². The molecule has 4 aromatic rings. The van der Waals surface area contributed by atoms with E-state index in [1.807, 2.05) is 18.2 Å². The molecule has 410 valence electrons. The minimum Gasteiger partial charge on any atom is -0.496 e. The number of carbonyl (C=O) groups is 8. The number of nitrogens with two attached hydrogens (primary N) is 1. The highest BCUT2D eigenvalue weighted by Gasteiger charge is 2.25. The maximum atomic E-state index is 13.2. The van der Waals surface area contributed by atoms with Crippen molar-refractivity contribution in [2.24, 2.45) is 0 Å². The normalized spacial score (nSPS) is 13.9. The second kappa shape index (κ2) is 29.6. The highest BCUT2D eigenvalue weighted by atomic mass is 16.5. The lowest BCUT2D eigenvalue weighted by molar-refractivity contribution is -0.137. The Morgan fingerprint density at radius 3 is 2.25 bits per heavy atom. The van der Waals surface area contributed by atoms with Crippen LogP contribution in [0.1, 0.15) is 80.7 Å². The molecule has 2 aromatic carbocycles. The van der Waals surface area contributed by atoms with Gasteiger partial charge in [-0.15, -0.1) is 0 Å². The van der Waals surface area contributed by atoms with Crippen molar-refractivity contribution >= 4 is 64.1 Å². The maximum Gasteiger partial charge on any atom is 0.320 e. The SMILES string of the molecule is CCCCOc1nc(N)c2cc(C#N)n(Cc3ccc(CN4CCC(NC(=O)COCNC(=O)CNC(=O)C(Cc5ccccc5)NC(=O)CNC(=O)CNC(=O)CCCCCN5C(=O)C=CC5=O)CC4)cc3OC)c2n1. The summed E-state index contributed by atoms with van der Waals surface area (Å²) < 4.78 is 18.7. The Morgan fingerprint density at radius 1 is 0.805 bits per heavy atom. The highest BCUT2D eigenvalue weighted by Crippen LogP contribution is 2.29. The van der Waals surface area contributed by atoms with Gasteiger partial charge in [-0.3, -0.25) is 48.2 Å². The molecule has 77 heavy (non-hydrogen) atoms. The van der Waals surface area contributed by atoms with Crippen LogP contribution >= 0.6 is 0 Å². The van der Waals surface area contributed by atoms with Crippen molar-refractivity contribution in [1.82, 2.24) is 56.2 Å². The van der Waals surface area contributed by atoms with Crippen LogP contribution in [0.15, 0.2) is 66.7 Å². The molecule has 2 aliphatic rings. The van der Waals surface area contributed by atoms with Crippen LogP contribution in [0.4, 0.5) is 5.82 Å². The summed E-state index contributed by atoms with van der Waals surface area (Å²) in [6.07, 6.45) is 7.45. The first-order chi connectivity index (χ1) is 37.2. The molecule has 1 fully saturated rings. The molecule has 8 amide bonds. The lowest BCUT2D eigenvalue weighted by Gasteiger charge is -2.32. The second-order valence-electron chi connectivity index (χ2n) is 18.5. The third-order valence-electron chi connectivity index (χ3n) is 12.7. The fourth-order valence-electron chi connectivity index (χ4n) is 8.53. The summed E-state index contributed by atoms with van der Waals surface area (Å²) >= 11 is 0. The fraction of sp³-hybridized carbons (Fsp3) is 0.453. The topological polar surface area (TPSA) is 323 Å². The summed E-state index contributed by atoms with van der Waals surface area (Å²) in [4.78, 5) is 112. The van der Waals surface area contributed by atoms with Gasteiger partial charge in [-0.2, -0.15) is 15.2 Å². The molecule has 2 aliphatic heterocycles. The van der Waals surface area contributed by atoms with Gasteiger partial charge in [0.25, 0.3) is 11.8 Å². The van der Waals surface area contributed by atoms with Crippen molar-refractivity contribution in [3.05, 3.63) is 89.1 Å². The zero-order valence-electron chi connectivity index (χ0n) is 43.4. The summed E-state index contributed by atoms with van der Waals surface area (Å²) in [6, 6.07) is 17.7. The molecule has 24 heteroatoms. The van der Waals surface area contributed by atoms with Crippen LogP contribution < -0.4 is 47.1 Å². The lowest BCUT2D eigenvalue weighted by atomic mass is 10.0. The summed E-state index contributed by atoms with van der Waals surface area (Å²) in [7, 11) is 1.60. The van der Waals surface area contributed by atoms with Gasteiger partial charge in [0.1, 0.15) is 42.7 Å². The molecule has 0 aliphatic carbocycles. The number of piperidine rings is 1. The van der Waals surface area contributed by atoms with Crippen LogP contribution in [-0.4, -0.2) is 150 Å². The number of ether oxygens (including phenoxy) is 3. The van der Waals surface area contributed by atoms with E-state index in [1.54, 1.807) is 48.1 Å². The zero-order valence-corrected chi connectivity index (χ0v) is 43.4. The van der Waals surface area contributed by atoms with Crippen LogP contribution in [0.3, 0.4) is 0 Å². The molecule has 24 nitrogen and oxygen atoms in total. The number of rotatable bonds is 30. The number of unbranched alkanes of at least 4 members (excludes halogenated alkanes) is 3. The largest absolute Gasteiger partial charge is 0.496 e. The third kappa shape index (κ3) is 18.1. The van der Waals surface area contributed by atoms with E-state index in [2.05, 4.69) is 59.8 Å². The van der Waals surface area contributed by atoms with Crippen molar-refractivity contribution in [3.63, 3.8) is 0 Å². The Balaban J connectivity index is 0.851. The zero-order chi connectivity index (χ0) is 55.1. The van der Waals surface area contributed by atoms with Gasteiger partial charge in [0, 0.05) is 62.8 Å². The Hall–Kier alpha value is -8.43. The minimum absolute atomic E-state index is 0.0695. The van der Waals surface area contributed by atoms with Crippen LogP contribution in [-0.2, 0) is 62.6 Å². The van der Waals surface area contributed by atoms with Crippen LogP contribution in [0, 0.1) is 11.3 Å². The Labute approximate surface area is 445 Å². The molecule has 0 spiro atoms. The number of aromatic nitrogens is 3. The van der Waals surface area contributed by atoms with Gasteiger partial charge in [-0.25, -0.2) is 0 Å². The fourth-order valence-corrected chi connectivity index (χ4v) is 8.53. The number of imide groups is 1. The number of benzene rings is 2. The van der Waals surface area contributed by atoms with E-state index < -0.39 is 42.8 Å². The van der Waals surface area contributed by atoms with E-state index in [9.17, 15) is 43.6 Å². The number of fused-ring (bicyclic) bond motifs is 1. The predicted molar refractivity (Wildman–Crippen MR) is 280 cm³/mol. The first-order valence-electron chi connectivity index (χ1n) is 25.6. The number of hydrogen-bond acceptors (Lipinski definition) is 16. The average Bonchev–Trinajstić information content (AvgIpc) is 3.95. The van der Waals surface area contributed by atoms with Crippen LogP contribution in [0.25, 0.3) is 11.0 Å². The van der Waals surface area contributed by atoms with Crippen molar-refractivity contribution < 1.29 is 52.6 Å². The van der Waals surface area contributed by atoms with Crippen molar-refractivity contribution in [2.75, 3.05) is 72.1 Å². The van der Waals surface area contributed by atoms with Crippen molar-refractivity contribution in [1.29, 1.82) is 5.26 Å². The molecule has 4 heterocycles. The standard InChI is InChI=1S/C53H67N13O11/c1-3-4-23-77-53-62-50(55)40-26-39(27-54)66(51(40)63-53)32-37-15-14-36(25-42(37)75-2)31-64-21-18-38(19-22-64)60-47(71)33-76-34-59-45(69)29-58-52(74)41(24-35-11-7-5-8-12-35)61-46(70)30-57-44(68)28-56-43(67)13-9-6-10-20-65-48(72)16-17-49(65)73/h5,7-8,11-12,14-17,25-26,38,41H,3-4,6,9-10,13,18-24,28-34H2,1-2H3,(H,56,67)(H,57,68)(H,58,74)(H,59,69)(H,60,71)(H,61,70)(H2,55,62,63). The van der Waals surface area contributed by atoms with Gasteiger partial charge in [0.15, 0.2) is 5.65 Å². The number of likely N-dealkylation sites (tertiary alicyclic amines) is 1. The minimum atomic E-state index is -1.11. The molecule has 1 atom stereocenters. The van der Waals surface area contributed by atoms with E-state index in [0.29, 0.717) is 74.3 Å². The second-order valence-corrected chi connectivity index (χ2v) is 18.5. The molecular weight excluding hydrogens is 995 g/mol. The van der Waals surface area contributed by atoms with E-state index >= 15 is 0 Å². The Bertz CT molecular complexity index is 2790. The lowest BCUT2D eigenvalue weighted by Crippen LogP contribution is -2.52. The number of carbonyl (C=O) groups excluding carboxylic acids is 8. The first-order valence-corrected chi connectivity index (χ1v) is 25.6. The number of nitrogens with one attached hydrogen (secondary N) is 6. The summed E-state index contributed by atoms with van der Waals surface area (Å²) in [5.41, 5.74) is 9.72. The molecule has 1 unspecified atom stereocenters. The van der Waals surface area contributed by atoms with E-state index in [1.165, 1.54) is 12.2 Å². The summed E-state index contributed by atoms with van der Waals surface area (Å²) in [5, 5.41) is 26.0. The molecule has 8 N–H and O–H groups in total. The monoisotopic (exact) mass is 1060 g/mol. The van der Waals surface area contributed by atoms with Crippen LogP contribution in [0.2, 0.25) is 0 Å². The number of nitriles is 1. The number of anilines is 1. The quantitative estimate of drug-likeness (QED) is 0.0216. The van der Waals surface area contributed by atoms with Gasteiger partial charge in [-0.05, 0) is 55.4 Å². The molecule has 0 radical (unpaired) electrons. The highest BCUT2D eigenvalue weighted by molar-refractivity contribution is 6.12. The number of nitrogens with zero attached hydrogens (tertiary/aromatic N) is 6. The number of methoxy groups -OCH3 is 1. The van der Waals surface area contributed by atoms with E-state index in [-0.39, 0.29) is 80.8 Å².